The fourth-order valence-electron chi connectivity index (χ4n) is 2.88. The van der Waals surface area contributed by atoms with E-state index in [9.17, 15) is 14.0 Å². The first-order valence-electron chi connectivity index (χ1n) is 8.00. The van der Waals surface area contributed by atoms with E-state index in [-0.39, 0.29) is 17.6 Å². The van der Waals surface area contributed by atoms with E-state index in [1.165, 1.54) is 12.1 Å². The first kappa shape index (κ1) is 16.2. The van der Waals surface area contributed by atoms with E-state index in [1.54, 1.807) is 24.3 Å². The van der Waals surface area contributed by atoms with Crippen LogP contribution in [0.3, 0.4) is 0 Å². The topological polar surface area (TPSA) is 58.2 Å². The number of amides is 2. The van der Waals surface area contributed by atoms with Gasteiger partial charge in [0.2, 0.25) is 5.91 Å². The highest BCUT2D eigenvalue weighted by molar-refractivity contribution is 5.98. The van der Waals surface area contributed by atoms with E-state index in [0.717, 1.165) is 23.1 Å². The Bertz CT molecular complexity index is 789. The molecule has 124 valence electrons. The maximum Gasteiger partial charge on any atom is 0.251 e. The molecule has 24 heavy (non-hydrogen) atoms. The highest BCUT2D eigenvalue weighted by atomic mass is 19.1. The highest BCUT2D eigenvalue weighted by Gasteiger charge is 2.24. The van der Waals surface area contributed by atoms with Gasteiger partial charge >= 0.3 is 0 Å². The van der Waals surface area contributed by atoms with Crippen LogP contribution in [-0.4, -0.2) is 24.4 Å². The fourth-order valence-corrected chi connectivity index (χ4v) is 2.88. The van der Waals surface area contributed by atoms with E-state index in [0.29, 0.717) is 18.5 Å². The first-order chi connectivity index (χ1) is 11.5. The van der Waals surface area contributed by atoms with Crippen molar-refractivity contribution in [3.05, 3.63) is 59.4 Å². The molecule has 0 aromatic heterocycles. The minimum atomic E-state index is -0.495. The van der Waals surface area contributed by atoms with Gasteiger partial charge in [0, 0.05) is 12.1 Å². The summed E-state index contributed by atoms with van der Waals surface area (Å²) in [5.41, 5.74) is 2.91. The molecule has 0 aliphatic carbocycles. The van der Waals surface area contributed by atoms with Gasteiger partial charge in [0.05, 0.1) is 0 Å². The second-order valence-electron chi connectivity index (χ2n) is 6.00. The molecule has 2 N–H and O–H groups in total. The lowest BCUT2D eigenvalue weighted by Crippen LogP contribution is -2.50. The molecule has 2 aromatic carbocycles. The second-order valence-corrected chi connectivity index (χ2v) is 6.00. The van der Waals surface area contributed by atoms with Crippen LogP contribution < -0.4 is 10.6 Å². The van der Waals surface area contributed by atoms with Crippen molar-refractivity contribution in [1.29, 1.82) is 0 Å². The third-order valence-corrected chi connectivity index (χ3v) is 4.23. The predicted molar refractivity (Wildman–Crippen MR) is 90.1 cm³/mol. The molecule has 2 amide bonds. The Labute approximate surface area is 140 Å². The number of benzene rings is 2. The van der Waals surface area contributed by atoms with Crippen LogP contribution in [0, 0.1) is 12.7 Å². The van der Waals surface area contributed by atoms with E-state index >= 15 is 0 Å². The van der Waals surface area contributed by atoms with Crippen molar-refractivity contribution < 1.29 is 14.0 Å². The Morgan fingerprint density at radius 2 is 2.08 bits per heavy atom. The summed E-state index contributed by atoms with van der Waals surface area (Å²) >= 11 is 0. The minimum Gasteiger partial charge on any atom is -0.354 e. The number of aryl methyl sites for hydroxylation is 1. The largest absolute Gasteiger partial charge is 0.354 e. The monoisotopic (exact) mass is 326 g/mol. The van der Waals surface area contributed by atoms with E-state index in [1.807, 2.05) is 13.0 Å². The molecule has 0 spiro atoms. The van der Waals surface area contributed by atoms with Gasteiger partial charge in [0.25, 0.3) is 5.91 Å². The minimum absolute atomic E-state index is 0.147. The van der Waals surface area contributed by atoms with Crippen LogP contribution in [0.4, 0.5) is 4.39 Å². The quantitative estimate of drug-likeness (QED) is 0.911. The van der Waals surface area contributed by atoms with E-state index < -0.39 is 6.04 Å². The van der Waals surface area contributed by atoms with Gasteiger partial charge < -0.3 is 10.6 Å². The standard InChI is InChI=1S/C19H19FN2O2/c1-12-7-8-15(20)11-16(12)13-4-2-5-14(10-13)18(23)22-17-6-3-9-21-19(17)24/h2,4-5,7-8,10-11,17H,3,6,9H2,1H3,(H,21,24)(H,22,23). The van der Waals surface area contributed by atoms with Gasteiger partial charge in [-0.15, -0.1) is 0 Å². The molecule has 5 heteroatoms. The predicted octanol–water partition coefficient (Wildman–Crippen LogP) is 2.81. The third kappa shape index (κ3) is 3.45. The molecule has 0 radical (unpaired) electrons. The molecule has 4 nitrogen and oxygen atoms in total. The Morgan fingerprint density at radius 1 is 1.25 bits per heavy atom. The van der Waals surface area contributed by atoms with Crippen molar-refractivity contribution in [2.24, 2.45) is 0 Å². The zero-order valence-corrected chi connectivity index (χ0v) is 13.4. The van der Waals surface area contributed by atoms with E-state index in [2.05, 4.69) is 10.6 Å². The average molecular weight is 326 g/mol. The van der Waals surface area contributed by atoms with Gasteiger partial charge in [-0.25, -0.2) is 4.39 Å². The van der Waals surface area contributed by atoms with Crippen molar-refractivity contribution >= 4 is 11.8 Å². The van der Waals surface area contributed by atoms with Crippen molar-refractivity contribution in [2.45, 2.75) is 25.8 Å². The lowest BCUT2D eigenvalue weighted by Gasteiger charge is -2.22. The molecule has 1 unspecified atom stereocenters. The van der Waals surface area contributed by atoms with Crippen molar-refractivity contribution in [1.82, 2.24) is 10.6 Å². The van der Waals surface area contributed by atoms with Crippen molar-refractivity contribution in [2.75, 3.05) is 6.54 Å². The average Bonchev–Trinajstić information content (AvgIpc) is 2.59. The van der Waals surface area contributed by atoms with Crippen LogP contribution in [0.1, 0.15) is 28.8 Å². The summed E-state index contributed by atoms with van der Waals surface area (Å²) in [5.74, 6) is -0.760. The van der Waals surface area contributed by atoms with Gasteiger partial charge in [-0.3, -0.25) is 9.59 Å². The summed E-state index contributed by atoms with van der Waals surface area (Å²) in [5, 5.41) is 5.51. The first-order valence-corrected chi connectivity index (χ1v) is 8.00. The molecule has 0 bridgehead atoms. The van der Waals surface area contributed by atoms with E-state index in [4.69, 9.17) is 0 Å². The summed E-state index contributed by atoms with van der Waals surface area (Å²) < 4.78 is 13.5. The number of piperidine rings is 1. The zero-order chi connectivity index (χ0) is 17.1. The lowest BCUT2D eigenvalue weighted by molar-refractivity contribution is -0.124. The van der Waals surface area contributed by atoms with Crippen molar-refractivity contribution in [3.63, 3.8) is 0 Å². The van der Waals surface area contributed by atoms with Gasteiger partial charge in [-0.05, 0) is 60.7 Å². The normalized spacial score (nSPS) is 17.2. The Balaban J connectivity index is 1.83. The zero-order valence-electron chi connectivity index (χ0n) is 13.4. The van der Waals surface area contributed by atoms with Gasteiger partial charge in [-0.2, -0.15) is 0 Å². The second kappa shape index (κ2) is 6.83. The van der Waals surface area contributed by atoms with Crippen LogP contribution >= 0.6 is 0 Å². The smallest absolute Gasteiger partial charge is 0.251 e. The molecule has 1 atom stereocenters. The molecule has 0 saturated carbocycles. The van der Waals surface area contributed by atoms with Crippen molar-refractivity contribution in [3.8, 4) is 11.1 Å². The van der Waals surface area contributed by atoms with Crippen LogP contribution in [0.2, 0.25) is 0 Å². The summed E-state index contributed by atoms with van der Waals surface area (Å²) in [7, 11) is 0. The molecule has 1 heterocycles. The molecule has 1 saturated heterocycles. The molecule has 1 aliphatic rings. The fraction of sp³-hybridized carbons (Fsp3) is 0.263. The number of hydrogen-bond donors (Lipinski definition) is 2. The third-order valence-electron chi connectivity index (χ3n) is 4.23. The Kier molecular flexibility index (Phi) is 4.60. The number of carbonyl (C=O) groups is 2. The Hall–Kier alpha value is -2.69. The van der Waals surface area contributed by atoms with Gasteiger partial charge in [0.1, 0.15) is 11.9 Å². The summed E-state index contributed by atoms with van der Waals surface area (Å²) in [4.78, 5) is 24.2. The highest BCUT2D eigenvalue weighted by Crippen LogP contribution is 2.25. The SMILES string of the molecule is Cc1ccc(F)cc1-c1cccc(C(=O)NC2CCCNC2=O)c1. The summed E-state index contributed by atoms with van der Waals surface area (Å²) in [6.07, 6.45) is 1.49. The number of nitrogens with one attached hydrogen (secondary N) is 2. The van der Waals surface area contributed by atoms with Gasteiger partial charge in [-0.1, -0.05) is 18.2 Å². The molecule has 2 aromatic rings. The maximum absolute atomic E-state index is 13.5. The summed E-state index contributed by atoms with van der Waals surface area (Å²) in [6.45, 7) is 2.55. The number of hydrogen-bond acceptors (Lipinski definition) is 2. The summed E-state index contributed by atoms with van der Waals surface area (Å²) in [6, 6.07) is 11.1. The maximum atomic E-state index is 13.5. The molecule has 1 fully saturated rings. The number of carbonyl (C=O) groups excluding carboxylic acids is 2. The molecular weight excluding hydrogens is 307 g/mol. The van der Waals surface area contributed by atoms with Crippen LogP contribution in [0.15, 0.2) is 42.5 Å². The van der Waals surface area contributed by atoms with Crippen LogP contribution in [0.5, 0.6) is 0 Å². The van der Waals surface area contributed by atoms with Gasteiger partial charge in [0.15, 0.2) is 0 Å². The van der Waals surface area contributed by atoms with Crippen LogP contribution in [0.25, 0.3) is 11.1 Å². The molecule has 3 rings (SSSR count). The number of halogens is 1. The Morgan fingerprint density at radius 3 is 2.88 bits per heavy atom. The van der Waals surface area contributed by atoms with Crippen LogP contribution in [-0.2, 0) is 4.79 Å². The molecule has 1 aliphatic heterocycles. The number of rotatable bonds is 3. The molecular formula is C19H19FN2O2. The lowest BCUT2D eigenvalue weighted by atomic mass is 9.98.